The molecule has 1 aromatic carbocycles. The average Bonchev–Trinajstić information content (AvgIpc) is 3.08. The highest BCUT2D eigenvalue weighted by atomic mass is 16.3. The molecule has 0 aliphatic carbocycles. The molecule has 1 unspecified atom stereocenters. The van der Waals surface area contributed by atoms with E-state index in [1.165, 1.54) is 0 Å². The van der Waals surface area contributed by atoms with Gasteiger partial charge in [0, 0.05) is 13.1 Å². The Morgan fingerprint density at radius 3 is 2.60 bits per heavy atom. The number of aliphatic hydroxyl groups is 1. The molecule has 2 heterocycles. The SMILES string of the molecule is Cc1ccc(C(=O)NCC2CCN(CC(O)c3ccccc3)CC2)o1. The van der Waals surface area contributed by atoms with Gasteiger partial charge in [-0.15, -0.1) is 0 Å². The highest BCUT2D eigenvalue weighted by Crippen LogP contribution is 2.20. The summed E-state index contributed by atoms with van der Waals surface area (Å²) in [6.45, 7) is 5.06. The van der Waals surface area contributed by atoms with Gasteiger partial charge >= 0.3 is 0 Å². The van der Waals surface area contributed by atoms with Crippen molar-refractivity contribution < 1.29 is 14.3 Å². The first-order chi connectivity index (χ1) is 12.1. The number of amides is 1. The topological polar surface area (TPSA) is 65.7 Å². The summed E-state index contributed by atoms with van der Waals surface area (Å²) in [6, 6.07) is 13.3. The number of nitrogens with zero attached hydrogens (tertiary/aromatic N) is 1. The molecule has 1 aliphatic rings. The fourth-order valence-electron chi connectivity index (χ4n) is 3.28. The van der Waals surface area contributed by atoms with Gasteiger partial charge < -0.3 is 19.7 Å². The zero-order valence-corrected chi connectivity index (χ0v) is 14.6. The quantitative estimate of drug-likeness (QED) is 0.847. The summed E-state index contributed by atoms with van der Waals surface area (Å²) in [7, 11) is 0. The molecule has 1 saturated heterocycles. The van der Waals surface area contributed by atoms with E-state index in [9.17, 15) is 9.90 Å². The molecule has 1 aliphatic heterocycles. The predicted molar refractivity (Wildman–Crippen MR) is 96.3 cm³/mol. The fraction of sp³-hybridized carbons (Fsp3) is 0.450. The molecular weight excluding hydrogens is 316 g/mol. The largest absolute Gasteiger partial charge is 0.456 e. The minimum atomic E-state index is -0.445. The van der Waals surface area contributed by atoms with Crippen molar-refractivity contribution in [2.24, 2.45) is 5.92 Å². The molecule has 1 atom stereocenters. The Balaban J connectivity index is 1.39. The number of carbonyl (C=O) groups is 1. The van der Waals surface area contributed by atoms with Crippen molar-refractivity contribution >= 4 is 5.91 Å². The molecule has 134 valence electrons. The zero-order chi connectivity index (χ0) is 17.6. The molecule has 0 radical (unpaired) electrons. The van der Waals surface area contributed by atoms with Crippen LogP contribution in [-0.4, -0.2) is 42.1 Å². The molecule has 5 heteroatoms. The normalized spacial score (nSPS) is 17.4. The van der Waals surface area contributed by atoms with Crippen LogP contribution in [0.2, 0.25) is 0 Å². The monoisotopic (exact) mass is 342 g/mol. The minimum Gasteiger partial charge on any atom is -0.456 e. The van der Waals surface area contributed by atoms with E-state index in [-0.39, 0.29) is 5.91 Å². The van der Waals surface area contributed by atoms with E-state index in [4.69, 9.17) is 4.42 Å². The van der Waals surface area contributed by atoms with E-state index in [0.717, 1.165) is 37.3 Å². The Labute approximate surface area is 148 Å². The van der Waals surface area contributed by atoms with Crippen molar-refractivity contribution in [3.63, 3.8) is 0 Å². The van der Waals surface area contributed by atoms with Crippen LogP contribution in [0.1, 0.15) is 40.8 Å². The Bertz CT molecular complexity index is 675. The number of carbonyl (C=O) groups excluding carboxylic acids is 1. The lowest BCUT2D eigenvalue weighted by molar-refractivity contribution is 0.0840. The van der Waals surface area contributed by atoms with E-state index < -0.39 is 6.10 Å². The van der Waals surface area contributed by atoms with Crippen LogP contribution in [0.25, 0.3) is 0 Å². The van der Waals surface area contributed by atoms with Crippen molar-refractivity contribution in [1.82, 2.24) is 10.2 Å². The lowest BCUT2D eigenvalue weighted by Gasteiger charge is -2.33. The maximum absolute atomic E-state index is 12.0. The summed E-state index contributed by atoms with van der Waals surface area (Å²) in [4.78, 5) is 14.3. The number of benzene rings is 1. The molecule has 1 aromatic heterocycles. The Morgan fingerprint density at radius 2 is 1.96 bits per heavy atom. The maximum Gasteiger partial charge on any atom is 0.287 e. The molecule has 1 amide bonds. The van der Waals surface area contributed by atoms with E-state index >= 15 is 0 Å². The van der Waals surface area contributed by atoms with Crippen LogP contribution >= 0.6 is 0 Å². The van der Waals surface area contributed by atoms with Gasteiger partial charge in [0.05, 0.1) is 6.10 Å². The summed E-state index contributed by atoms with van der Waals surface area (Å²) in [5.41, 5.74) is 0.964. The maximum atomic E-state index is 12.0. The molecule has 1 fully saturated rings. The van der Waals surface area contributed by atoms with Crippen LogP contribution in [0.5, 0.6) is 0 Å². The van der Waals surface area contributed by atoms with Gasteiger partial charge in [0.15, 0.2) is 5.76 Å². The summed E-state index contributed by atoms with van der Waals surface area (Å²) < 4.78 is 5.34. The summed E-state index contributed by atoms with van der Waals surface area (Å²) in [5.74, 6) is 1.46. The Morgan fingerprint density at radius 1 is 1.24 bits per heavy atom. The number of piperidine rings is 1. The average molecular weight is 342 g/mol. The van der Waals surface area contributed by atoms with Crippen LogP contribution in [0, 0.1) is 12.8 Å². The number of hydrogen-bond donors (Lipinski definition) is 2. The molecule has 0 spiro atoms. The van der Waals surface area contributed by atoms with Crippen molar-refractivity contribution in [1.29, 1.82) is 0 Å². The molecule has 5 nitrogen and oxygen atoms in total. The molecular formula is C20H26N2O3. The first-order valence-corrected chi connectivity index (χ1v) is 8.92. The van der Waals surface area contributed by atoms with Crippen LogP contribution in [0.3, 0.4) is 0 Å². The van der Waals surface area contributed by atoms with Crippen LogP contribution in [-0.2, 0) is 0 Å². The highest BCUT2D eigenvalue weighted by Gasteiger charge is 2.22. The van der Waals surface area contributed by atoms with Crippen molar-refractivity contribution in [3.05, 3.63) is 59.5 Å². The molecule has 3 rings (SSSR count). The number of furan rings is 1. The highest BCUT2D eigenvalue weighted by molar-refractivity contribution is 5.91. The van der Waals surface area contributed by atoms with Gasteiger partial charge in [-0.2, -0.15) is 0 Å². The minimum absolute atomic E-state index is 0.143. The lowest BCUT2D eigenvalue weighted by Crippen LogP contribution is -2.40. The Hall–Kier alpha value is -2.11. The lowest BCUT2D eigenvalue weighted by atomic mass is 9.96. The van der Waals surface area contributed by atoms with E-state index in [1.807, 2.05) is 37.3 Å². The summed E-state index contributed by atoms with van der Waals surface area (Å²) in [5, 5.41) is 13.3. The van der Waals surface area contributed by atoms with Crippen LogP contribution < -0.4 is 5.32 Å². The van der Waals surface area contributed by atoms with Gasteiger partial charge in [0.1, 0.15) is 5.76 Å². The number of aliphatic hydroxyl groups excluding tert-OH is 1. The van der Waals surface area contributed by atoms with Crippen LogP contribution in [0.4, 0.5) is 0 Å². The Kier molecular flexibility index (Phi) is 5.89. The number of nitrogens with one attached hydrogen (secondary N) is 1. The standard InChI is InChI=1S/C20H26N2O3/c1-15-7-8-19(25-15)20(24)21-13-16-9-11-22(12-10-16)14-18(23)17-5-3-2-4-6-17/h2-8,16,18,23H,9-14H2,1H3,(H,21,24). The molecule has 2 aromatic rings. The first kappa shape index (κ1) is 17.7. The van der Waals surface area contributed by atoms with E-state index in [0.29, 0.717) is 24.8 Å². The molecule has 0 saturated carbocycles. The smallest absolute Gasteiger partial charge is 0.287 e. The first-order valence-electron chi connectivity index (χ1n) is 8.92. The van der Waals surface area contributed by atoms with Crippen molar-refractivity contribution in [2.75, 3.05) is 26.2 Å². The number of β-amino-alcohol motifs (C(OH)–C–C–N with tert-alkyl or cyclic N) is 1. The number of aryl methyl sites for hydroxylation is 1. The zero-order valence-electron chi connectivity index (χ0n) is 14.6. The number of rotatable bonds is 6. The second-order valence-electron chi connectivity index (χ2n) is 6.79. The molecule has 0 bridgehead atoms. The number of likely N-dealkylation sites (tertiary alicyclic amines) is 1. The second-order valence-corrected chi connectivity index (χ2v) is 6.79. The second kappa shape index (κ2) is 8.32. The van der Waals surface area contributed by atoms with Gasteiger partial charge in [-0.05, 0) is 56.5 Å². The van der Waals surface area contributed by atoms with Crippen molar-refractivity contribution in [3.8, 4) is 0 Å². The van der Waals surface area contributed by atoms with E-state index in [2.05, 4.69) is 10.2 Å². The van der Waals surface area contributed by atoms with Gasteiger partial charge in [-0.3, -0.25) is 4.79 Å². The van der Waals surface area contributed by atoms with Gasteiger partial charge in [-0.25, -0.2) is 0 Å². The predicted octanol–water partition coefficient (Wildman–Crippen LogP) is 2.76. The molecule has 25 heavy (non-hydrogen) atoms. The fourth-order valence-corrected chi connectivity index (χ4v) is 3.28. The van der Waals surface area contributed by atoms with Crippen molar-refractivity contribution in [2.45, 2.75) is 25.9 Å². The molecule has 2 N–H and O–H groups in total. The van der Waals surface area contributed by atoms with Gasteiger partial charge in [-0.1, -0.05) is 30.3 Å². The van der Waals surface area contributed by atoms with Crippen LogP contribution in [0.15, 0.2) is 46.9 Å². The number of hydrogen-bond acceptors (Lipinski definition) is 4. The third kappa shape index (κ3) is 4.94. The third-order valence-electron chi connectivity index (χ3n) is 4.84. The van der Waals surface area contributed by atoms with E-state index in [1.54, 1.807) is 12.1 Å². The van der Waals surface area contributed by atoms with Gasteiger partial charge in [0.25, 0.3) is 5.91 Å². The van der Waals surface area contributed by atoms with Gasteiger partial charge in [0.2, 0.25) is 0 Å². The summed E-state index contributed by atoms with van der Waals surface area (Å²) in [6.07, 6.45) is 1.61. The third-order valence-corrected chi connectivity index (χ3v) is 4.84. The summed E-state index contributed by atoms with van der Waals surface area (Å²) >= 11 is 0.